The van der Waals surface area contributed by atoms with Crippen LogP contribution in [-0.4, -0.2) is 46.8 Å². The van der Waals surface area contributed by atoms with Crippen molar-refractivity contribution in [2.45, 2.75) is 32.1 Å². The van der Waals surface area contributed by atoms with Gasteiger partial charge in [0.05, 0.1) is 18.5 Å². The third-order valence-electron chi connectivity index (χ3n) is 6.68. The highest BCUT2D eigenvalue weighted by atomic mass is 16.5. The number of aromatic nitrogens is 2. The van der Waals surface area contributed by atoms with Crippen molar-refractivity contribution >= 4 is 11.6 Å². The molecule has 6 heteroatoms. The molecule has 1 amide bonds. The van der Waals surface area contributed by atoms with Crippen molar-refractivity contribution in [2.75, 3.05) is 31.6 Å². The van der Waals surface area contributed by atoms with Crippen LogP contribution in [0.5, 0.6) is 5.75 Å². The van der Waals surface area contributed by atoms with Crippen LogP contribution in [0, 0.1) is 17.8 Å². The molecule has 0 unspecified atom stereocenters. The number of benzene rings is 1. The number of carbonyl (C=O) groups is 1. The van der Waals surface area contributed by atoms with Crippen molar-refractivity contribution in [2.24, 2.45) is 24.8 Å². The second kappa shape index (κ2) is 7.82. The molecule has 1 aromatic heterocycles. The van der Waals surface area contributed by atoms with E-state index in [0.717, 1.165) is 54.4 Å². The van der Waals surface area contributed by atoms with Gasteiger partial charge in [-0.1, -0.05) is 6.07 Å². The summed E-state index contributed by atoms with van der Waals surface area (Å²) < 4.78 is 7.99. The van der Waals surface area contributed by atoms with Crippen molar-refractivity contribution in [3.63, 3.8) is 0 Å². The molecule has 5 rings (SSSR count). The van der Waals surface area contributed by atoms with Gasteiger partial charge in [0.2, 0.25) is 5.91 Å². The number of aryl methyl sites for hydroxylation is 1. The van der Waals surface area contributed by atoms with Gasteiger partial charge in [0.1, 0.15) is 5.75 Å². The molecule has 1 saturated carbocycles. The predicted octanol–water partition coefficient (Wildman–Crippen LogP) is 3.55. The van der Waals surface area contributed by atoms with E-state index in [1.807, 2.05) is 37.6 Å². The molecule has 1 aliphatic carbocycles. The lowest BCUT2D eigenvalue weighted by atomic mass is 9.81. The Hall–Kier alpha value is -2.34. The van der Waals surface area contributed by atoms with E-state index < -0.39 is 0 Å². The Labute approximate surface area is 172 Å². The quantitative estimate of drug-likeness (QED) is 0.865. The van der Waals surface area contributed by atoms with E-state index in [1.165, 1.54) is 19.4 Å². The Kier molecular flexibility index (Phi) is 5.04. The summed E-state index contributed by atoms with van der Waals surface area (Å²) in [4.78, 5) is 15.4. The number of likely N-dealkylation sites (tertiary alicyclic amines) is 1. The zero-order valence-corrected chi connectivity index (χ0v) is 17.1. The van der Waals surface area contributed by atoms with E-state index in [4.69, 9.17) is 4.74 Å². The molecule has 1 aromatic carbocycles. The van der Waals surface area contributed by atoms with Crippen LogP contribution in [0.25, 0.3) is 11.1 Å². The summed E-state index contributed by atoms with van der Waals surface area (Å²) in [7, 11) is 1.91. The van der Waals surface area contributed by atoms with Crippen LogP contribution < -0.4 is 10.1 Å². The summed E-state index contributed by atoms with van der Waals surface area (Å²) in [6, 6.07) is 5.99. The van der Waals surface area contributed by atoms with Crippen LogP contribution in [0.15, 0.2) is 30.6 Å². The van der Waals surface area contributed by atoms with Gasteiger partial charge in [-0.25, -0.2) is 0 Å². The van der Waals surface area contributed by atoms with Gasteiger partial charge < -0.3 is 15.0 Å². The first kappa shape index (κ1) is 18.7. The maximum Gasteiger partial charge on any atom is 0.224 e. The van der Waals surface area contributed by atoms with Crippen LogP contribution in [0.1, 0.15) is 32.1 Å². The molecule has 2 fully saturated rings. The highest BCUT2D eigenvalue weighted by Gasteiger charge is 2.34. The second-order valence-corrected chi connectivity index (χ2v) is 9.01. The van der Waals surface area contributed by atoms with Crippen LogP contribution in [0.4, 0.5) is 5.69 Å². The third-order valence-corrected chi connectivity index (χ3v) is 6.68. The Bertz CT molecular complexity index is 889. The number of hydrogen-bond acceptors (Lipinski definition) is 4. The summed E-state index contributed by atoms with van der Waals surface area (Å²) in [6.45, 7) is 4.18. The molecule has 154 valence electrons. The average Bonchev–Trinajstić information content (AvgIpc) is 3.41. The van der Waals surface area contributed by atoms with E-state index in [0.29, 0.717) is 24.9 Å². The molecule has 3 heterocycles. The van der Waals surface area contributed by atoms with Gasteiger partial charge in [0.15, 0.2) is 0 Å². The van der Waals surface area contributed by atoms with Crippen molar-refractivity contribution in [3.05, 3.63) is 30.6 Å². The Morgan fingerprint density at radius 2 is 2.07 bits per heavy atom. The molecule has 0 spiro atoms. The number of hydrogen-bond donors (Lipinski definition) is 1. The fourth-order valence-corrected chi connectivity index (χ4v) is 4.84. The van der Waals surface area contributed by atoms with Crippen LogP contribution in [-0.2, 0) is 11.8 Å². The lowest BCUT2D eigenvalue weighted by molar-refractivity contribution is -0.118. The number of nitrogens with one attached hydrogen (secondary N) is 1. The Morgan fingerprint density at radius 3 is 2.86 bits per heavy atom. The maximum atomic E-state index is 12.8. The summed E-state index contributed by atoms with van der Waals surface area (Å²) in [5, 5.41) is 7.36. The van der Waals surface area contributed by atoms with E-state index in [1.54, 1.807) is 4.68 Å². The largest absolute Gasteiger partial charge is 0.491 e. The fraction of sp³-hybridized carbons (Fsp3) is 0.565. The number of ether oxygens (including phenoxy) is 1. The minimum absolute atomic E-state index is 0.108. The average molecular weight is 395 g/mol. The van der Waals surface area contributed by atoms with Crippen LogP contribution in [0.2, 0.25) is 0 Å². The van der Waals surface area contributed by atoms with Gasteiger partial charge in [-0.2, -0.15) is 5.10 Å². The molecule has 0 radical (unpaired) electrons. The van der Waals surface area contributed by atoms with E-state index in [9.17, 15) is 4.79 Å². The minimum Gasteiger partial charge on any atom is -0.491 e. The molecule has 1 N–H and O–H groups in total. The van der Waals surface area contributed by atoms with Crippen molar-refractivity contribution in [1.29, 1.82) is 0 Å². The number of carbonyl (C=O) groups excluding carboxylic acids is 1. The number of fused-ring (bicyclic) bond motifs is 2. The second-order valence-electron chi connectivity index (χ2n) is 9.01. The van der Waals surface area contributed by atoms with Gasteiger partial charge in [0, 0.05) is 38.3 Å². The molecular formula is C23H30N4O2. The number of nitrogens with zero attached hydrogens (tertiary/aromatic N) is 3. The summed E-state index contributed by atoms with van der Waals surface area (Å²) in [5.41, 5.74) is 2.87. The van der Waals surface area contributed by atoms with E-state index in [-0.39, 0.29) is 5.91 Å². The van der Waals surface area contributed by atoms with E-state index >= 15 is 0 Å². The standard InChI is InChI=1S/C23H30N4O2/c1-26-14-20(12-24-26)17-4-5-21-22(10-17)29-9-7-19-15-27(13-16-2-3-16)8-6-18(19)11-23(28)25-21/h4-5,10,12,14,16,18-19H,2-3,6-9,11,13,15H2,1H3,(H,25,28)/t18-,19-/m0/s1. The zero-order chi connectivity index (χ0) is 19.8. The highest BCUT2D eigenvalue weighted by molar-refractivity contribution is 5.93. The van der Waals surface area contributed by atoms with Crippen LogP contribution in [0.3, 0.4) is 0 Å². The first-order valence-corrected chi connectivity index (χ1v) is 10.9. The van der Waals surface area contributed by atoms with Gasteiger partial charge in [-0.3, -0.25) is 9.48 Å². The SMILES string of the molecule is Cn1cc(-c2ccc3c(c2)OCC[C@H]2CN(CC4CC4)CC[C@H]2CC(=O)N3)cn1. The lowest BCUT2D eigenvalue weighted by Crippen LogP contribution is -2.43. The molecule has 0 bridgehead atoms. The first-order valence-electron chi connectivity index (χ1n) is 10.9. The number of anilines is 1. The highest BCUT2D eigenvalue weighted by Crippen LogP contribution is 2.37. The summed E-state index contributed by atoms with van der Waals surface area (Å²) in [6.07, 6.45) is 9.38. The van der Waals surface area contributed by atoms with Crippen molar-refractivity contribution < 1.29 is 9.53 Å². The third kappa shape index (κ3) is 4.32. The smallest absolute Gasteiger partial charge is 0.224 e. The van der Waals surface area contributed by atoms with Crippen molar-refractivity contribution in [1.82, 2.24) is 14.7 Å². The minimum atomic E-state index is 0.108. The fourth-order valence-electron chi connectivity index (χ4n) is 4.84. The normalized spacial score (nSPS) is 25.5. The summed E-state index contributed by atoms with van der Waals surface area (Å²) >= 11 is 0. The molecule has 1 saturated heterocycles. The topological polar surface area (TPSA) is 59.4 Å². The number of amides is 1. The van der Waals surface area contributed by atoms with Gasteiger partial charge >= 0.3 is 0 Å². The molecule has 2 aromatic rings. The van der Waals surface area contributed by atoms with Crippen molar-refractivity contribution in [3.8, 4) is 16.9 Å². The monoisotopic (exact) mass is 394 g/mol. The molecule has 29 heavy (non-hydrogen) atoms. The number of piperidine rings is 1. The Balaban J connectivity index is 1.33. The first-order chi connectivity index (χ1) is 14.1. The Morgan fingerprint density at radius 1 is 1.17 bits per heavy atom. The maximum absolute atomic E-state index is 12.8. The molecule has 2 aliphatic heterocycles. The predicted molar refractivity (Wildman–Crippen MR) is 113 cm³/mol. The zero-order valence-electron chi connectivity index (χ0n) is 17.1. The lowest BCUT2D eigenvalue weighted by Gasteiger charge is -2.39. The van der Waals surface area contributed by atoms with Crippen LogP contribution >= 0.6 is 0 Å². The summed E-state index contributed by atoms with van der Waals surface area (Å²) in [5.74, 6) is 2.78. The molecular weight excluding hydrogens is 364 g/mol. The molecule has 6 nitrogen and oxygen atoms in total. The van der Waals surface area contributed by atoms with Gasteiger partial charge in [-0.05, 0) is 67.7 Å². The molecule has 3 aliphatic rings. The van der Waals surface area contributed by atoms with Gasteiger partial charge in [0.25, 0.3) is 0 Å². The van der Waals surface area contributed by atoms with E-state index in [2.05, 4.69) is 15.3 Å². The number of rotatable bonds is 3. The molecule has 2 atom stereocenters. The van der Waals surface area contributed by atoms with Gasteiger partial charge in [-0.15, -0.1) is 0 Å².